The van der Waals surface area contributed by atoms with E-state index in [1.54, 1.807) is 38.3 Å². The summed E-state index contributed by atoms with van der Waals surface area (Å²) in [4.78, 5) is 19.9. The number of nitriles is 1. The molecule has 24 heavy (non-hydrogen) atoms. The molecule has 0 aliphatic heterocycles. The summed E-state index contributed by atoms with van der Waals surface area (Å²) in [5.74, 6) is 0.474. The molecule has 1 aromatic carbocycles. The third-order valence-corrected chi connectivity index (χ3v) is 3.84. The molecule has 2 aromatic rings. The van der Waals surface area contributed by atoms with E-state index in [0.29, 0.717) is 28.8 Å². The molecule has 0 bridgehead atoms. The van der Waals surface area contributed by atoms with E-state index in [1.807, 2.05) is 6.07 Å². The van der Waals surface area contributed by atoms with Gasteiger partial charge in [0.25, 0.3) is 0 Å². The second-order valence-corrected chi connectivity index (χ2v) is 5.49. The van der Waals surface area contributed by atoms with E-state index in [1.165, 1.54) is 0 Å². The highest BCUT2D eigenvalue weighted by atomic mass is 32.2. The SMILES string of the molecule is CCOC(=O)CSc1nc(N)c(C#N)c(-c2ccc(OC)cc2)n1. The van der Waals surface area contributed by atoms with Gasteiger partial charge in [-0.2, -0.15) is 5.26 Å². The summed E-state index contributed by atoms with van der Waals surface area (Å²) in [6, 6.07) is 9.11. The number of hydrogen-bond donors (Lipinski definition) is 1. The zero-order valence-electron chi connectivity index (χ0n) is 13.3. The van der Waals surface area contributed by atoms with E-state index < -0.39 is 0 Å². The Bertz CT molecular complexity index is 772. The normalized spacial score (nSPS) is 10.0. The molecule has 0 atom stereocenters. The van der Waals surface area contributed by atoms with Crippen LogP contribution in [-0.4, -0.2) is 35.4 Å². The lowest BCUT2D eigenvalue weighted by molar-refractivity contribution is -0.139. The molecule has 0 amide bonds. The highest BCUT2D eigenvalue weighted by Crippen LogP contribution is 2.28. The van der Waals surface area contributed by atoms with Crippen LogP contribution in [0.5, 0.6) is 5.75 Å². The van der Waals surface area contributed by atoms with E-state index in [0.717, 1.165) is 11.8 Å². The highest BCUT2D eigenvalue weighted by molar-refractivity contribution is 7.99. The molecular weight excluding hydrogens is 328 g/mol. The van der Waals surface area contributed by atoms with Gasteiger partial charge in [0.2, 0.25) is 0 Å². The molecule has 0 radical (unpaired) electrons. The number of benzene rings is 1. The predicted octanol–water partition coefficient (Wildman–Crippen LogP) is 2.26. The van der Waals surface area contributed by atoms with Crippen molar-refractivity contribution in [1.82, 2.24) is 9.97 Å². The van der Waals surface area contributed by atoms with Crippen LogP contribution < -0.4 is 10.5 Å². The van der Waals surface area contributed by atoms with Gasteiger partial charge in [0.05, 0.1) is 25.2 Å². The standard InChI is InChI=1S/C16H16N4O3S/c1-3-23-13(21)9-24-16-19-14(12(8-17)15(18)20-16)10-4-6-11(22-2)7-5-10/h4-7H,3,9H2,1-2H3,(H2,18,19,20). The third-order valence-electron chi connectivity index (χ3n) is 3.02. The summed E-state index contributed by atoms with van der Waals surface area (Å²) in [5.41, 5.74) is 7.18. The monoisotopic (exact) mass is 344 g/mol. The van der Waals surface area contributed by atoms with Crippen LogP contribution in [0.15, 0.2) is 29.4 Å². The highest BCUT2D eigenvalue weighted by Gasteiger charge is 2.15. The number of aromatic nitrogens is 2. The number of carbonyl (C=O) groups excluding carboxylic acids is 1. The summed E-state index contributed by atoms with van der Waals surface area (Å²) >= 11 is 1.11. The molecule has 0 unspecified atom stereocenters. The molecule has 0 saturated heterocycles. The molecular formula is C16H16N4O3S. The Labute approximate surface area is 143 Å². The number of rotatable bonds is 6. The maximum Gasteiger partial charge on any atom is 0.316 e. The van der Waals surface area contributed by atoms with E-state index >= 15 is 0 Å². The van der Waals surface area contributed by atoms with Gasteiger partial charge in [-0.05, 0) is 31.2 Å². The molecule has 0 aliphatic carbocycles. The van der Waals surface area contributed by atoms with Gasteiger partial charge in [0.15, 0.2) is 5.16 Å². The Morgan fingerprint density at radius 3 is 2.62 bits per heavy atom. The van der Waals surface area contributed by atoms with Crippen molar-refractivity contribution in [3.05, 3.63) is 29.8 Å². The Morgan fingerprint density at radius 1 is 1.33 bits per heavy atom. The van der Waals surface area contributed by atoms with Crippen molar-refractivity contribution < 1.29 is 14.3 Å². The van der Waals surface area contributed by atoms with Crippen LogP contribution in [0.4, 0.5) is 5.82 Å². The zero-order chi connectivity index (χ0) is 17.5. The number of hydrogen-bond acceptors (Lipinski definition) is 8. The average molecular weight is 344 g/mol. The number of nitrogens with zero attached hydrogens (tertiary/aromatic N) is 3. The van der Waals surface area contributed by atoms with Crippen LogP contribution in [0.2, 0.25) is 0 Å². The molecule has 0 spiro atoms. The topological polar surface area (TPSA) is 111 Å². The molecule has 0 aliphatic rings. The number of carbonyl (C=O) groups is 1. The van der Waals surface area contributed by atoms with E-state index in [9.17, 15) is 10.1 Å². The van der Waals surface area contributed by atoms with Gasteiger partial charge in [-0.25, -0.2) is 9.97 Å². The van der Waals surface area contributed by atoms with Crippen LogP contribution in [0.1, 0.15) is 12.5 Å². The zero-order valence-corrected chi connectivity index (χ0v) is 14.1. The van der Waals surface area contributed by atoms with E-state index in [-0.39, 0.29) is 23.1 Å². The van der Waals surface area contributed by atoms with Gasteiger partial charge in [0, 0.05) is 5.56 Å². The Kier molecular flexibility index (Phi) is 5.98. The first-order chi connectivity index (χ1) is 11.6. The Hall–Kier alpha value is -2.79. The first kappa shape index (κ1) is 17.6. The molecule has 1 aromatic heterocycles. The number of methoxy groups -OCH3 is 1. The fourth-order valence-corrected chi connectivity index (χ4v) is 2.56. The van der Waals surface area contributed by atoms with E-state index in [2.05, 4.69) is 9.97 Å². The molecule has 124 valence electrons. The minimum absolute atomic E-state index is 0.0707. The molecule has 8 heteroatoms. The second-order valence-electron chi connectivity index (χ2n) is 4.55. The summed E-state index contributed by atoms with van der Waals surface area (Å²) in [5, 5.41) is 9.64. The van der Waals surface area contributed by atoms with Crippen LogP contribution in [0, 0.1) is 11.3 Å². The lowest BCUT2D eigenvalue weighted by Gasteiger charge is -2.09. The summed E-state index contributed by atoms with van der Waals surface area (Å²) < 4.78 is 9.99. The van der Waals surface area contributed by atoms with Crippen LogP contribution in [0.25, 0.3) is 11.3 Å². The van der Waals surface area contributed by atoms with Crippen molar-refractivity contribution >= 4 is 23.5 Å². The Balaban J connectivity index is 2.34. The molecule has 0 saturated carbocycles. The Morgan fingerprint density at radius 2 is 2.04 bits per heavy atom. The van der Waals surface area contributed by atoms with Crippen molar-refractivity contribution in [3.63, 3.8) is 0 Å². The van der Waals surface area contributed by atoms with Gasteiger partial charge < -0.3 is 15.2 Å². The fraction of sp³-hybridized carbons (Fsp3) is 0.250. The molecule has 2 N–H and O–H groups in total. The van der Waals surface area contributed by atoms with Crippen molar-refractivity contribution in [2.24, 2.45) is 0 Å². The number of thioether (sulfide) groups is 1. The smallest absolute Gasteiger partial charge is 0.316 e. The molecule has 0 fully saturated rings. The van der Waals surface area contributed by atoms with Gasteiger partial charge in [-0.1, -0.05) is 11.8 Å². The van der Waals surface area contributed by atoms with E-state index in [4.69, 9.17) is 15.2 Å². The fourth-order valence-electron chi connectivity index (χ4n) is 1.92. The van der Waals surface area contributed by atoms with Gasteiger partial charge >= 0.3 is 5.97 Å². The first-order valence-corrected chi connectivity index (χ1v) is 8.08. The summed E-state index contributed by atoms with van der Waals surface area (Å²) in [7, 11) is 1.57. The minimum atomic E-state index is -0.361. The number of nitrogens with two attached hydrogens (primary N) is 1. The molecule has 7 nitrogen and oxygen atoms in total. The van der Waals surface area contributed by atoms with Crippen molar-refractivity contribution in [1.29, 1.82) is 5.26 Å². The summed E-state index contributed by atoms with van der Waals surface area (Å²) in [6.45, 7) is 2.05. The lowest BCUT2D eigenvalue weighted by Crippen LogP contribution is -2.08. The number of anilines is 1. The van der Waals surface area contributed by atoms with Gasteiger partial charge in [-0.3, -0.25) is 4.79 Å². The number of esters is 1. The van der Waals surface area contributed by atoms with Crippen molar-refractivity contribution in [2.45, 2.75) is 12.1 Å². The predicted molar refractivity (Wildman–Crippen MR) is 90.5 cm³/mol. The number of ether oxygens (including phenoxy) is 2. The second kappa shape index (κ2) is 8.17. The molecule has 1 heterocycles. The number of nitrogen functional groups attached to an aromatic ring is 1. The van der Waals surface area contributed by atoms with Crippen molar-refractivity contribution in [3.8, 4) is 23.1 Å². The van der Waals surface area contributed by atoms with Crippen LogP contribution in [-0.2, 0) is 9.53 Å². The van der Waals surface area contributed by atoms with Gasteiger partial charge in [0.1, 0.15) is 23.2 Å². The molecule has 2 rings (SSSR count). The average Bonchev–Trinajstić information content (AvgIpc) is 2.60. The quantitative estimate of drug-likeness (QED) is 0.482. The first-order valence-electron chi connectivity index (χ1n) is 7.09. The third kappa shape index (κ3) is 4.14. The van der Waals surface area contributed by atoms with Crippen molar-refractivity contribution in [2.75, 3.05) is 25.2 Å². The van der Waals surface area contributed by atoms with Crippen LogP contribution in [0.3, 0.4) is 0 Å². The van der Waals surface area contributed by atoms with Gasteiger partial charge in [-0.15, -0.1) is 0 Å². The van der Waals surface area contributed by atoms with Crippen LogP contribution >= 0.6 is 11.8 Å². The maximum atomic E-state index is 11.5. The minimum Gasteiger partial charge on any atom is -0.497 e. The maximum absolute atomic E-state index is 11.5. The largest absolute Gasteiger partial charge is 0.497 e. The summed E-state index contributed by atoms with van der Waals surface area (Å²) in [6.07, 6.45) is 0. The lowest BCUT2D eigenvalue weighted by atomic mass is 10.1.